The van der Waals surface area contributed by atoms with Gasteiger partial charge in [-0.2, -0.15) is 0 Å². The van der Waals surface area contributed by atoms with E-state index in [1.54, 1.807) is 25.1 Å². The fourth-order valence-corrected chi connectivity index (χ4v) is 2.86. The van der Waals surface area contributed by atoms with E-state index in [2.05, 4.69) is 4.98 Å². The number of benzene rings is 2. The fraction of sp³-hybridized carbons (Fsp3) is 0.100. The van der Waals surface area contributed by atoms with E-state index in [0.29, 0.717) is 10.8 Å². The summed E-state index contributed by atoms with van der Waals surface area (Å²) in [6.07, 6.45) is 0. The Morgan fingerprint density at radius 3 is 2.23 bits per heavy atom. The molecule has 0 fully saturated rings. The van der Waals surface area contributed by atoms with E-state index in [4.69, 9.17) is 4.84 Å². The lowest BCUT2D eigenvalue weighted by Gasteiger charge is -2.16. The van der Waals surface area contributed by atoms with Crippen molar-refractivity contribution < 1.29 is 19.2 Å². The highest BCUT2D eigenvalue weighted by Gasteiger charge is 2.39. The summed E-state index contributed by atoms with van der Waals surface area (Å²) >= 11 is 0. The summed E-state index contributed by atoms with van der Waals surface area (Å²) in [6, 6.07) is 17.5. The number of pyridine rings is 1. The van der Waals surface area contributed by atoms with Gasteiger partial charge in [-0.1, -0.05) is 41.5 Å². The van der Waals surface area contributed by atoms with E-state index in [1.165, 1.54) is 12.1 Å². The van der Waals surface area contributed by atoms with Crippen molar-refractivity contribution in [2.24, 2.45) is 0 Å². The van der Waals surface area contributed by atoms with Gasteiger partial charge in [0.1, 0.15) is 0 Å². The van der Waals surface area contributed by atoms with Gasteiger partial charge < -0.3 is 4.84 Å². The topological polar surface area (TPSA) is 76.6 Å². The number of imide groups is 1. The molecule has 1 aliphatic heterocycles. The Bertz CT molecular complexity index is 1030. The third-order valence-electron chi connectivity index (χ3n) is 4.36. The first-order valence-electron chi connectivity index (χ1n) is 8.11. The van der Waals surface area contributed by atoms with Crippen molar-refractivity contribution in [1.29, 1.82) is 0 Å². The summed E-state index contributed by atoms with van der Waals surface area (Å²) in [5.41, 5.74) is 1.71. The number of hydroxylamine groups is 2. The Balaban J connectivity index is 1.56. The lowest BCUT2D eigenvalue weighted by Crippen LogP contribution is -2.34. The predicted octanol–water partition coefficient (Wildman–Crippen LogP) is 3.09. The zero-order chi connectivity index (χ0) is 18.3. The molecule has 6 heteroatoms. The lowest BCUT2D eigenvalue weighted by molar-refractivity contribution is -0.170. The van der Waals surface area contributed by atoms with Crippen molar-refractivity contribution in [2.75, 3.05) is 0 Å². The van der Waals surface area contributed by atoms with Crippen molar-refractivity contribution in [3.63, 3.8) is 0 Å². The first-order valence-corrected chi connectivity index (χ1v) is 8.11. The van der Waals surface area contributed by atoms with Crippen LogP contribution in [0.25, 0.3) is 10.9 Å². The summed E-state index contributed by atoms with van der Waals surface area (Å²) < 4.78 is 0. The van der Waals surface area contributed by atoms with Crippen LogP contribution in [-0.2, 0) is 9.63 Å². The maximum absolute atomic E-state index is 12.5. The highest BCUT2D eigenvalue weighted by molar-refractivity contribution is 6.20. The van der Waals surface area contributed by atoms with Crippen molar-refractivity contribution in [1.82, 2.24) is 10.0 Å². The molecule has 2 aromatic carbocycles. The van der Waals surface area contributed by atoms with Gasteiger partial charge in [-0.3, -0.25) is 14.6 Å². The third kappa shape index (κ3) is 2.52. The van der Waals surface area contributed by atoms with Crippen LogP contribution < -0.4 is 0 Å². The van der Waals surface area contributed by atoms with Crippen LogP contribution in [0.2, 0.25) is 0 Å². The molecule has 0 aliphatic carbocycles. The standard InChI is InChI=1S/C20H14N2O4/c1-12(16-11-10-13-6-2-5-9-17(13)21-16)20(25)26-22-18(23)14-7-3-4-8-15(14)19(22)24/h2-12H,1H3. The number of para-hydroxylation sites is 1. The predicted molar refractivity (Wildman–Crippen MR) is 93.2 cm³/mol. The number of nitrogens with zero attached hydrogens (tertiary/aromatic N) is 2. The fourth-order valence-electron chi connectivity index (χ4n) is 2.86. The van der Waals surface area contributed by atoms with E-state index in [-0.39, 0.29) is 11.1 Å². The normalized spacial score (nSPS) is 14.4. The molecule has 6 nitrogen and oxygen atoms in total. The molecule has 0 saturated heterocycles. The van der Waals surface area contributed by atoms with E-state index in [0.717, 1.165) is 10.9 Å². The van der Waals surface area contributed by atoms with Gasteiger partial charge in [-0.15, -0.1) is 0 Å². The molecular formula is C20H14N2O4. The van der Waals surface area contributed by atoms with Gasteiger partial charge in [0.15, 0.2) is 0 Å². The SMILES string of the molecule is CC(C(=O)ON1C(=O)c2ccccc2C1=O)c1ccc2ccccc2n1. The number of hydrogen-bond donors (Lipinski definition) is 0. The number of fused-ring (bicyclic) bond motifs is 2. The summed E-state index contributed by atoms with van der Waals surface area (Å²) in [4.78, 5) is 46.6. The molecule has 3 aromatic rings. The summed E-state index contributed by atoms with van der Waals surface area (Å²) in [5.74, 6) is -2.73. The first-order chi connectivity index (χ1) is 12.6. The molecule has 4 rings (SSSR count). The number of rotatable bonds is 3. The molecule has 128 valence electrons. The van der Waals surface area contributed by atoms with Crippen molar-refractivity contribution in [3.05, 3.63) is 77.5 Å². The Hall–Kier alpha value is -3.54. The molecule has 26 heavy (non-hydrogen) atoms. The van der Waals surface area contributed by atoms with Crippen LogP contribution in [0.15, 0.2) is 60.7 Å². The van der Waals surface area contributed by atoms with Crippen LogP contribution in [0.5, 0.6) is 0 Å². The highest BCUT2D eigenvalue weighted by Crippen LogP contribution is 2.25. The first kappa shape index (κ1) is 16.0. The second-order valence-electron chi connectivity index (χ2n) is 6.01. The molecule has 2 heterocycles. The van der Waals surface area contributed by atoms with Crippen LogP contribution in [0.4, 0.5) is 0 Å². The summed E-state index contributed by atoms with van der Waals surface area (Å²) in [5, 5.41) is 1.47. The summed E-state index contributed by atoms with van der Waals surface area (Å²) in [7, 11) is 0. The average Bonchev–Trinajstić information content (AvgIpc) is 2.92. The monoisotopic (exact) mass is 346 g/mol. The molecule has 0 N–H and O–H groups in total. The maximum atomic E-state index is 12.5. The van der Waals surface area contributed by atoms with Crippen molar-refractivity contribution in [3.8, 4) is 0 Å². The number of amides is 2. The number of hydrogen-bond acceptors (Lipinski definition) is 5. The molecule has 1 aromatic heterocycles. The number of carbonyl (C=O) groups is 3. The third-order valence-corrected chi connectivity index (χ3v) is 4.36. The van der Waals surface area contributed by atoms with Crippen LogP contribution in [0, 0.1) is 0 Å². The Labute approximate surface area is 149 Å². The maximum Gasteiger partial charge on any atom is 0.341 e. The molecule has 0 saturated carbocycles. The molecule has 1 atom stereocenters. The molecule has 1 aliphatic rings. The number of carbonyl (C=O) groups excluding carboxylic acids is 3. The Morgan fingerprint density at radius 1 is 0.923 bits per heavy atom. The zero-order valence-electron chi connectivity index (χ0n) is 13.9. The van der Waals surface area contributed by atoms with E-state index in [9.17, 15) is 14.4 Å². The van der Waals surface area contributed by atoms with Gasteiger partial charge in [-0.05, 0) is 31.2 Å². The largest absolute Gasteiger partial charge is 0.341 e. The minimum atomic E-state index is -0.732. The van der Waals surface area contributed by atoms with E-state index >= 15 is 0 Å². The molecule has 0 radical (unpaired) electrons. The number of aromatic nitrogens is 1. The second kappa shape index (κ2) is 6.07. The minimum Gasteiger partial charge on any atom is -0.329 e. The van der Waals surface area contributed by atoms with Gasteiger partial charge in [0.2, 0.25) is 0 Å². The van der Waals surface area contributed by atoms with Gasteiger partial charge in [0.25, 0.3) is 11.8 Å². The smallest absolute Gasteiger partial charge is 0.329 e. The van der Waals surface area contributed by atoms with Crippen LogP contribution in [-0.4, -0.2) is 27.8 Å². The van der Waals surface area contributed by atoms with Crippen LogP contribution >= 0.6 is 0 Å². The Kier molecular flexibility index (Phi) is 3.73. The molecule has 0 bridgehead atoms. The highest BCUT2D eigenvalue weighted by atomic mass is 16.7. The minimum absolute atomic E-state index is 0.224. The second-order valence-corrected chi connectivity index (χ2v) is 6.01. The molecule has 1 unspecified atom stereocenters. The zero-order valence-corrected chi connectivity index (χ0v) is 13.9. The van der Waals surface area contributed by atoms with Crippen molar-refractivity contribution >= 4 is 28.7 Å². The molecule has 0 spiro atoms. The van der Waals surface area contributed by atoms with E-state index < -0.39 is 23.7 Å². The van der Waals surface area contributed by atoms with Crippen LogP contribution in [0.1, 0.15) is 39.3 Å². The average molecular weight is 346 g/mol. The quantitative estimate of drug-likeness (QED) is 0.681. The molecular weight excluding hydrogens is 332 g/mol. The molecule has 2 amide bonds. The van der Waals surface area contributed by atoms with E-state index in [1.807, 2.05) is 30.3 Å². The van der Waals surface area contributed by atoms with Crippen molar-refractivity contribution in [2.45, 2.75) is 12.8 Å². The Morgan fingerprint density at radius 2 is 1.54 bits per heavy atom. The van der Waals surface area contributed by atoms with Gasteiger partial charge in [0.05, 0.1) is 28.3 Å². The summed E-state index contributed by atoms with van der Waals surface area (Å²) in [6.45, 7) is 1.62. The van der Waals surface area contributed by atoms with Gasteiger partial charge in [0, 0.05) is 5.39 Å². The van der Waals surface area contributed by atoms with Gasteiger partial charge >= 0.3 is 5.97 Å². The van der Waals surface area contributed by atoms with Crippen LogP contribution in [0.3, 0.4) is 0 Å². The lowest BCUT2D eigenvalue weighted by atomic mass is 10.1. The van der Waals surface area contributed by atoms with Gasteiger partial charge in [-0.25, -0.2) is 4.79 Å².